The number of rotatable bonds is 4. The van der Waals surface area contributed by atoms with Crippen LogP contribution in [0.15, 0.2) is 45.7 Å². The van der Waals surface area contributed by atoms with Crippen molar-refractivity contribution in [3.8, 4) is 0 Å². The zero-order valence-electron chi connectivity index (χ0n) is 9.34. The average Bonchev–Trinajstić information content (AvgIpc) is 2.76. The van der Waals surface area contributed by atoms with Gasteiger partial charge in [0.05, 0.1) is 4.90 Å². The van der Waals surface area contributed by atoms with Crippen LogP contribution in [0.2, 0.25) is 5.02 Å². The number of hydrogen-bond donors (Lipinski definition) is 1. The van der Waals surface area contributed by atoms with Crippen molar-refractivity contribution in [2.75, 3.05) is 0 Å². The Hall–Kier alpha value is -1.30. The van der Waals surface area contributed by atoms with Crippen LogP contribution in [0.25, 0.3) is 0 Å². The molecule has 6 heteroatoms. The summed E-state index contributed by atoms with van der Waals surface area (Å²) in [7, 11) is -3.46. The predicted octanol–water partition coefficient (Wildman–Crippen LogP) is 2.40. The fourth-order valence-corrected chi connectivity index (χ4v) is 2.87. The van der Waals surface area contributed by atoms with E-state index in [4.69, 9.17) is 21.1 Å². The van der Waals surface area contributed by atoms with E-state index in [9.17, 15) is 8.42 Å². The first-order valence-electron chi connectivity index (χ1n) is 5.18. The van der Waals surface area contributed by atoms with Gasteiger partial charge in [0.15, 0.2) is 9.84 Å². The van der Waals surface area contributed by atoms with Gasteiger partial charge in [-0.1, -0.05) is 11.6 Å². The van der Waals surface area contributed by atoms with E-state index in [1.54, 1.807) is 12.1 Å². The summed E-state index contributed by atoms with van der Waals surface area (Å²) in [5.41, 5.74) is 0. The molecule has 96 valence electrons. The van der Waals surface area contributed by atoms with Crippen molar-refractivity contribution in [3.05, 3.63) is 52.9 Å². The van der Waals surface area contributed by atoms with Crippen molar-refractivity contribution in [3.63, 3.8) is 0 Å². The van der Waals surface area contributed by atoms with E-state index in [2.05, 4.69) is 0 Å². The van der Waals surface area contributed by atoms with Crippen LogP contribution in [0.4, 0.5) is 0 Å². The summed E-state index contributed by atoms with van der Waals surface area (Å²) in [6.07, 6.45) is 0. The predicted molar refractivity (Wildman–Crippen MR) is 67.0 cm³/mol. The summed E-state index contributed by atoms with van der Waals surface area (Å²) >= 11 is 5.70. The van der Waals surface area contributed by atoms with Crippen LogP contribution >= 0.6 is 11.6 Å². The Kier molecular flexibility index (Phi) is 3.75. The molecule has 0 bridgehead atoms. The molecule has 2 rings (SSSR count). The van der Waals surface area contributed by atoms with Crippen molar-refractivity contribution in [1.82, 2.24) is 0 Å². The highest BCUT2D eigenvalue weighted by molar-refractivity contribution is 7.90. The zero-order valence-corrected chi connectivity index (χ0v) is 10.9. The minimum absolute atomic E-state index is 0.189. The third-order valence-electron chi connectivity index (χ3n) is 2.38. The molecule has 0 aliphatic carbocycles. The van der Waals surface area contributed by atoms with Crippen LogP contribution in [0.1, 0.15) is 11.5 Å². The van der Waals surface area contributed by atoms with E-state index < -0.39 is 9.84 Å². The molecule has 1 N–H and O–H groups in total. The first-order valence-corrected chi connectivity index (χ1v) is 7.21. The molecule has 0 fully saturated rings. The van der Waals surface area contributed by atoms with Crippen molar-refractivity contribution < 1.29 is 17.9 Å². The molecule has 2 aromatic rings. The highest BCUT2D eigenvalue weighted by Gasteiger charge is 2.17. The topological polar surface area (TPSA) is 67.5 Å². The zero-order chi connectivity index (χ0) is 13.2. The molecule has 0 radical (unpaired) electrons. The molecule has 0 aliphatic heterocycles. The second-order valence-electron chi connectivity index (χ2n) is 3.74. The van der Waals surface area contributed by atoms with Crippen LogP contribution in [-0.2, 0) is 22.2 Å². The quantitative estimate of drug-likeness (QED) is 0.937. The van der Waals surface area contributed by atoms with Gasteiger partial charge in [-0.25, -0.2) is 8.42 Å². The molecule has 1 aromatic carbocycles. The Morgan fingerprint density at radius 1 is 1.06 bits per heavy atom. The van der Waals surface area contributed by atoms with Gasteiger partial charge in [-0.3, -0.25) is 0 Å². The molecule has 4 nitrogen and oxygen atoms in total. The molecule has 0 unspecified atom stereocenters. The van der Waals surface area contributed by atoms with E-state index in [0.717, 1.165) is 0 Å². The second kappa shape index (κ2) is 5.14. The van der Waals surface area contributed by atoms with Gasteiger partial charge < -0.3 is 9.52 Å². The second-order valence-corrected chi connectivity index (χ2v) is 6.17. The van der Waals surface area contributed by atoms with E-state index >= 15 is 0 Å². The summed E-state index contributed by atoms with van der Waals surface area (Å²) in [6.45, 7) is -0.249. The molecule has 1 aromatic heterocycles. The maximum atomic E-state index is 12.0. The Morgan fingerprint density at radius 2 is 1.67 bits per heavy atom. The summed E-state index contributed by atoms with van der Waals surface area (Å²) in [5, 5.41) is 9.32. The molecule has 1 heterocycles. The van der Waals surface area contributed by atoms with Gasteiger partial charge in [0.25, 0.3) is 0 Å². The number of sulfone groups is 1. The van der Waals surface area contributed by atoms with E-state index in [0.29, 0.717) is 16.5 Å². The lowest BCUT2D eigenvalue weighted by Crippen LogP contribution is -2.04. The van der Waals surface area contributed by atoms with Crippen LogP contribution in [-0.4, -0.2) is 13.5 Å². The molecule has 0 aliphatic rings. The van der Waals surface area contributed by atoms with Crippen LogP contribution in [0.3, 0.4) is 0 Å². The van der Waals surface area contributed by atoms with Gasteiger partial charge in [-0.2, -0.15) is 0 Å². The number of furan rings is 1. The summed E-state index contributed by atoms with van der Waals surface area (Å²) in [4.78, 5) is 0.189. The van der Waals surface area contributed by atoms with Crippen LogP contribution < -0.4 is 0 Å². The van der Waals surface area contributed by atoms with E-state index in [1.807, 2.05) is 0 Å². The third kappa shape index (κ3) is 2.93. The Bertz CT molecular complexity index is 628. The lowest BCUT2D eigenvalue weighted by atomic mass is 10.4. The fraction of sp³-hybridized carbons (Fsp3) is 0.167. The van der Waals surface area contributed by atoms with Gasteiger partial charge in [-0.15, -0.1) is 0 Å². The van der Waals surface area contributed by atoms with Gasteiger partial charge in [0.1, 0.15) is 23.9 Å². The third-order valence-corrected chi connectivity index (χ3v) is 4.29. The van der Waals surface area contributed by atoms with E-state index in [1.165, 1.54) is 24.3 Å². The molecular formula is C12H11ClO4S. The first-order chi connectivity index (χ1) is 8.51. The molecule has 0 saturated heterocycles. The van der Waals surface area contributed by atoms with E-state index in [-0.39, 0.29) is 17.3 Å². The summed E-state index contributed by atoms with van der Waals surface area (Å²) < 4.78 is 29.2. The Balaban J connectivity index is 2.24. The summed E-state index contributed by atoms with van der Waals surface area (Å²) in [6, 6.07) is 9.04. The largest absolute Gasteiger partial charge is 0.463 e. The maximum Gasteiger partial charge on any atom is 0.185 e. The molecular weight excluding hydrogens is 276 g/mol. The van der Waals surface area contributed by atoms with Gasteiger partial charge in [0, 0.05) is 5.02 Å². The fourth-order valence-electron chi connectivity index (χ4n) is 1.50. The van der Waals surface area contributed by atoms with Gasteiger partial charge in [-0.05, 0) is 36.4 Å². The number of aliphatic hydroxyl groups is 1. The normalized spacial score (nSPS) is 11.7. The Labute approximate surface area is 110 Å². The minimum Gasteiger partial charge on any atom is -0.463 e. The van der Waals surface area contributed by atoms with Crippen LogP contribution in [0.5, 0.6) is 0 Å². The molecule has 0 atom stereocenters. The summed E-state index contributed by atoms with van der Waals surface area (Å²) in [5.74, 6) is 0.402. The number of halogens is 1. The molecule has 0 spiro atoms. The van der Waals surface area contributed by atoms with Crippen molar-refractivity contribution >= 4 is 21.4 Å². The molecule has 0 amide bonds. The van der Waals surface area contributed by atoms with Crippen molar-refractivity contribution in [2.24, 2.45) is 0 Å². The minimum atomic E-state index is -3.46. The van der Waals surface area contributed by atoms with Crippen molar-refractivity contribution in [2.45, 2.75) is 17.3 Å². The highest BCUT2D eigenvalue weighted by atomic mass is 35.5. The average molecular weight is 287 g/mol. The number of benzene rings is 1. The first kappa shape index (κ1) is 13.1. The monoisotopic (exact) mass is 286 g/mol. The lowest BCUT2D eigenvalue weighted by molar-refractivity contribution is 0.244. The Morgan fingerprint density at radius 3 is 2.22 bits per heavy atom. The molecule has 18 heavy (non-hydrogen) atoms. The number of hydrogen-bond acceptors (Lipinski definition) is 4. The SMILES string of the molecule is O=S(=O)(Cc1ccc(CO)o1)c1ccc(Cl)cc1. The lowest BCUT2D eigenvalue weighted by Gasteiger charge is -2.02. The van der Waals surface area contributed by atoms with Crippen molar-refractivity contribution in [1.29, 1.82) is 0 Å². The van der Waals surface area contributed by atoms with Gasteiger partial charge >= 0.3 is 0 Å². The smallest absolute Gasteiger partial charge is 0.185 e. The highest BCUT2D eigenvalue weighted by Crippen LogP contribution is 2.20. The molecule has 0 saturated carbocycles. The number of aliphatic hydroxyl groups excluding tert-OH is 1. The van der Waals surface area contributed by atoms with Crippen LogP contribution in [0, 0.1) is 0 Å². The maximum absolute atomic E-state index is 12.0. The standard InChI is InChI=1S/C12H11ClO4S/c13-9-1-5-12(6-2-9)18(15,16)8-11-4-3-10(7-14)17-11/h1-6,14H,7-8H2. The van der Waals surface area contributed by atoms with Gasteiger partial charge in [0.2, 0.25) is 0 Å².